The Labute approximate surface area is 302 Å². The number of halogens is 4. The van der Waals surface area contributed by atoms with Crippen molar-refractivity contribution in [2.75, 3.05) is 6.61 Å². The molecule has 0 spiro atoms. The highest BCUT2D eigenvalue weighted by Crippen LogP contribution is 2.35. The maximum Gasteiger partial charge on any atom is 0.311 e. The molecule has 0 bridgehead atoms. The largest absolute Gasteiger partial charge is 0.466 e. The van der Waals surface area contributed by atoms with Crippen LogP contribution in [0.2, 0.25) is 20.1 Å². The second-order valence-corrected chi connectivity index (χ2v) is 13.3. The highest BCUT2D eigenvalue weighted by molar-refractivity contribution is 6.35. The minimum absolute atomic E-state index is 0.0610. The summed E-state index contributed by atoms with van der Waals surface area (Å²) in [6.07, 6.45) is 1.81. The average Bonchev–Trinajstić information content (AvgIpc) is 3.48. The van der Waals surface area contributed by atoms with Gasteiger partial charge >= 0.3 is 5.97 Å². The molecule has 48 heavy (non-hydrogen) atoms. The number of ether oxygens (including phenoxy) is 3. The van der Waals surface area contributed by atoms with Crippen LogP contribution in [0.25, 0.3) is 0 Å². The molecule has 0 aliphatic heterocycles. The molecule has 0 N–H and O–H groups in total. The summed E-state index contributed by atoms with van der Waals surface area (Å²) in [6, 6.07) is 10.2. The lowest BCUT2D eigenvalue weighted by Crippen LogP contribution is -2.10. The van der Waals surface area contributed by atoms with Crippen LogP contribution in [0.5, 0.6) is 23.3 Å². The van der Waals surface area contributed by atoms with E-state index < -0.39 is 0 Å². The third-order valence-electron chi connectivity index (χ3n) is 6.91. The van der Waals surface area contributed by atoms with Crippen LogP contribution in [-0.4, -0.2) is 37.9 Å². The van der Waals surface area contributed by atoms with Crippen LogP contribution in [0.15, 0.2) is 36.4 Å². The highest BCUT2D eigenvalue weighted by Gasteiger charge is 2.23. The number of aromatic nitrogens is 4. The minimum Gasteiger partial charge on any atom is -0.466 e. The van der Waals surface area contributed by atoms with Gasteiger partial charge in [-0.1, -0.05) is 60.3 Å². The first-order valence-electron chi connectivity index (χ1n) is 15.8. The Morgan fingerprint density at radius 3 is 1.35 bits per heavy atom. The van der Waals surface area contributed by atoms with Gasteiger partial charge in [-0.3, -0.25) is 9.59 Å². The van der Waals surface area contributed by atoms with Crippen LogP contribution >= 0.6 is 46.4 Å². The van der Waals surface area contributed by atoms with Gasteiger partial charge in [0.1, 0.15) is 17.3 Å². The highest BCUT2D eigenvalue weighted by atomic mass is 35.5. The molecule has 9 nitrogen and oxygen atoms in total. The molecule has 13 heteroatoms. The first-order valence-corrected chi connectivity index (χ1v) is 17.3. The molecule has 0 aliphatic rings. The Morgan fingerprint density at radius 2 is 1.04 bits per heavy atom. The first kappa shape index (κ1) is 39.2. The molecule has 0 aliphatic carbocycles. The van der Waals surface area contributed by atoms with Crippen LogP contribution in [0.1, 0.15) is 90.0 Å². The van der Waals surface area contributed by atoms with Crippen LogP contribution in [0, 0.1) is 0 Å². The molecule has 0 amide bonds. The van der Waals surface area contributed by atoms with Gasteiger partial charge in [0.05, 0.1) is 42.9 Å². The van der Waals surface area contributed by atoms with Gasteiger partial charge < -0.3 is 14.2 Å². The number of ketones is 1. The van der Waals surface area contributed by atoms with Crippen molar-refractivity contribution < 1.29 is 23.8 Å². The minimum atomic E-state index is -0.303. The standard InChI is InChI=1S/C18H22Cl2N2O3.C17H20Cl2N2O2/c1-5-15-16(10-17(23)24-6-2)21-22(11(3)4)18(15)25-14-8-12(19)7-13(20)9-14;1-5-15-16(6-11(4)22)20-21(10(2)3)17(15)23-14-8-12(18)7-13(19)9-14/h7-9,11H,5-6,10H2,1-4H3;7-10H,5-6H2,1-4H3. The maximum atomic E-state index is 11.9. The second kappa shape index (κ2) is 18.0. The summed E-state index contributed by atoms with van der Waals surface area (Å²) in [5.74, 6) is 2.07. The van der Waals surface area contributed by atoms with Gasteiger partial charge in [-0.05, 0) is 90.8 Å². The number of esters is 1. The molecular weight excluding hydrogens is 698 g/mol. The van der Waals surface area contributed by atoms with Crippen molar-refractivity contribution in [2.24, 2.45) is 0 Å². The summed E-state index contributed by atoms with van der Waals surface area (Å²) < 4.78 is 20.7. The molecule has 2 heterocycles. The third-order valence-corrected chi connectivity index (χ3v) is 7.78. The van der Waals surface area contributed by atoms with Gasteiger partial charge in [0.15, 0.2) is 0 Å². The van der Waals surface area contributed by atoms with Gasteiger partial charge in [-0.2, -0.15) is 10.2 Å². The van der Waals surface area contributed by atoms with Crippen molar-refractivity contribution in [1.82, 2.24) is 19.6 Å². The number of carbonyl (C=O) groups is 2. The van der Waals surface area contributed by atoms with Crippen molar-refractivity contribution in [3.63, 3.8) is 0 Å². The molecule has 4 aromatic rings. The van der Waals surface area contributed by atoms with E-state index in [0.717, 1.165) is 23.2 Å². The number of carbonyl (C=O) groups excluding carboxylic acids is 2. The first-order chi connectivity index (χ1) is 22.7. The Hall–Kier alpha value is -3.24. The quantitative estimate of drug-likeness (QED) is 0.126. The lowest BCUT2D eigenvalue weighted by Gasteiger charge is -2.13. The summed E-state index contributed by atoms with van der Waals surface area (Å²) in [6.45, 7) is 15.7. The van der Waals surface area contributed by atoms with E-state index in [9.17, 15) is 9.59 Å². The molecule has 0 radical (unpaired) electrons. The molecule has 0 fully saturated rings. The van der Waals surface area contributed by atoms with Crippen LogP contribution in [0.3, 0.4) is 0 Å². The van der Waals surface area contributed by atoms with Gasteiger partial charge in [0.25, 0.3) is 0 Å². The number of nitrogens with zero attached hydrogens (tertiary/aromatic N) is 4. The topological polar surface area (TPSA) is 97.5 Å². The van der Waals surface area contributed by atoms with E-state index in [-0.39, 0.29) is 30.3 Å². The third kappa shape index (κ3) is 10.6. The number of hydrogen-bond donors (Lipinski definition) is 0. The smallest absolute Gasteiger partial charge is 0.311 e. The number of rotatable bonds is 13. The van der Waals surface area contributed by atoms with Gasteiger partial charge in [0, 0.05) is 31.2 Å². The van der Waals surface area contributed by atoms with E-state index in [1.54, 1.807) is 59.6 Å². The predicted octanol–water partition coefficient (Wildman–Crippen LogP) is 10.5. The zero-order valence-electron chi connectivity index (χ0n) is 28.5. The fourth-order valence-corrected chi connectivity index (χ4v) is 5.90. The SMILES string of the molecule is CCOC(=O)Cc1nn(C(C)C)c(Oc2cc(Cl)cc(Cl)c2)c1CC.CCc1c(CC(C)=O)nn(C(C)C)c1Oc1cc(Cl)cc(Cl)c1. The average molecular weight is 741 g/mol. The van der Waals surface area contributed by atoms with E-state index >= 15 is 0 Å². The number of Topliss-reactive ketones (excluding diaryl/α,β-unsaturated/α-hetero) is 1. The molecule has 4 rings (SSSR count). The van der Waals surface area contributed by atoms with Crippen molar-refractivity contribution in [1.29, 1.82) is 0 Å². The van der Waals surface area contributed by atoms with E-state index in [0.29, 0.717) is 68.5 Å². The summed E-state index contributed by atoms with van der Waals surface area (Å²) in [4.78, 5) is 23.4. The van der Waals surface area contributed by atoms with Crippen molar-refractivity contribution in [3.05, 3.63) is 79.0 Å². The molecule has 0 saturated heterocycles. The lowest BCUT2D eigenvalue weighted by atomic mass is 10.1. The van der Waals surface area contributed by atoms with Gasteiger partial charge in [-0.25, -0.2) is 9.36 Å². The lowest BCUT2D eigenvalue weighted by molar-refractivity contribution is -0.142. The van der Waals surface area contributed by atoms with Gasteiger partial charge in [-0.15, -0.1) is 0 Å². The Balaban J connectivity index is 0.000000261. The maximum absolute atomic E-state index is 11.9. The van der Waals surface area contributed by atoms with Crippen molar-refractivity contribution >= 4 is 58.2 Å². The summed E-state index contributed by atoms with van der Waals surface area (Å²) >= 11 is 24.2. The van der Waals surface area contributed by atoms with E-state index in [1.165, 1.54) is 0 Å². The van der Waals surface area contributed by atoms with Gasteiger partial charge in [0.2, 0.25) is 11.8 Å². The van der Waals surface area contributed by atoms with E-state index in [2.05, 4.69) is 10.2 Å². The fourth-order valence-electron chi connectivity index (χ4n) is 4.89. The molecule has 0 saturated carbocycles. The fraction of sp³-hybridized carbons (Fsp3) is 0.429. The number of benzene rings is 2. The van der Waals surface area contributed by atoms with Crippen molar-refractivity contribution in [3.8, 4) is 23.3 Å². The van der Waals surface area contributed by atoms with Crippen LogP contribution < -0.4 is 9.47 Å². The molecule has 0 atom stereocenters. The normalized spacial score (nSPS) is 11.0. The molecule has 2 aromatic carbocycles. The molecule has 0 unspecified atom stereocenters. The molecular formula is C35H42Cl4N4O5. The zero-order chi connectivity index (χ0) is 35.7. The van der Waals surface area contributed by atoms with E-state index in [4.69, 9.17) is 60.6 Å². The Bertz CT molecular complexity index is 1690. The molecule has 260 valence electrons. The Morgan fingerprint density at radius 1 is 0.667 bits per heavy atom. The Kier molecular flexibility index (Phi) is 14.7. The second-order valence-electron chi connectivity index (χ2n) is 11.5. The zero-order valence-corrected chi connectivity index (χ0v) is 31.5. The molecule has 2 aromatic heterocycles. The summed E-state index contributed by atoms with van der Waals surface area (Å²) in [5.41, 5.74) is 3.23. The predicted molar refractivity (Wildman–Crippen MR) is 192 cm³/mol. The number of hydrogen-bond acceptors (Lipinski definition) is 7. The van der Waals surface area contributed by atoms with Crippen LogP contribution in [0.4, 0.5) is 0 Å². The summed E-state index contributed by atoms with van der Waals surface area (Å²) in [5, 5.41) is 11.1. The van der Waals surface area contributed by atoms with Crippen LogP contribution in [-0.2, 0) is 40.0 Å². The van der Waals surface area contributed by atoms with Crippen molar-refractivity contribution in [2.45, 2.75) is 93.2 Å². The summed E-state index contributed by atoms with van der Waals surface area (Å²) in [7, 11) is 0. The monoisotopic (exact) mass is 738 g/mol. The van der Waals surface area contributed by atoms with E-state index in [1.807, 2.05) is 41.5 Å².